The molecule has 1 aliphatic rings. The van der Waals surface area contributed by atoms with E-state index in [1.165, 1.54) is 0 Å². The summed E-state index contributed by atoms with van der Waals surface area (Å²) < 4.78 is 16.3. The van der Waals surface area contributed by atoms with E-state index >= 15 is 0 Å². The Hall–Kier alpha value is -3.28. The standard InChI is InChI=1S/C19H16N2O4/c1-23-13-4-2-11(3-5-13)8-12-9-15(19(20)22)21-14-6-7-16-18(17(12)14)25-10-24-16/h2-7,9H,8,10H2,1H3,(H2,20,22). The van der Waals surface area contributed by atoms with Crippen LogP contribution >= 0.6 is 0 Å². The molecular formula is C19H16N2O4. The summed E-state index contributed by atoms with van der Waals surface area (Å²) in [6.45, 7) is 0.175. The zero-order chi connectivity index (χ0) is 17.4. The number of nitrogens with zero attached hydrogens (tertiary/aromatic N) is 1. The molecule has 126 valence electrons. The van der Waals surface area contributed by atoms with Crippen LogP contribution in [-0.4, -0.2) is 24.8 Å². The molecule has 6 heteroatoms. The van der Waals surface area contributed by atoms with Gasteiger partial charge in [-0.2, -0.15) is 0 Å². The molecule has 3 aromatic rings. The molecule has 1 aromatic heterocycles. The van der Waals surface area contributed by atoms with E-state index in [0.29, 0.717) is 23.4 Å². The number of methoxy groups -OCH3 is 1. The Balaban J connectivity index is 1.87. The topological polar surface area (TPSA) is 83.7 Å². The molecule has 25 heavy (non-hydrogen) atoms. The molecule has 4 rings (SSSR count). The zero-order valence-electron chi connectivity index (χ0n) is 13.6. The van der Waals surface area contributed by atoms with Crippen molar-refractivity contribution in [2.24, 2.45) is 5.73 Å². The van der Waals surface area contributed by atoms with E-state index in [1.54, 1.807) is 19.2 Å². The molecule has 0 aliphatic carbocycles. The van der Waals surface area contributed by atoms with Crippen molar-refractivity contribution in [2.45, 2.75) is 6.42 Å². The highest BCUT2D eigenvalue weighted by Gasteiger charge is 2.21. The van der Waals surface area contributed by atoms with Gasteiger partial charge in [-0.25, -0.2) is 4.98 Å². The van der Waals surface area contributed by atoms with E-state index in [4.69, 9.17) is 19.9 Å². The SMILES string of the molecule is COc1ccc(Cc2cc(C(N)=O)nc3ccc4c(c23)OCO4)cc1. The summed E-state index contributed by atoms with van der Waals surface area (Å²) in [5.74, 6) is 1.57. The fourth-order valence-corrected chi connectivity index (χ4v) is 2.99. The molecule has 0 atom stereocenters. The number of nitrogens with two attached hydrogens (primary N) is 1. The van der Waals surface area contributed by atoms with E-state index in [0.717, 1.165) is 22.3 Å². The Labute approximate surface area is 144 Å². The van der Waals surface area contributed by atoms with Crippen LogP contribution in [0.3, 0.4) is 0 Å². The van der Waals surface area contributed by atoms with Gasteiger partial charge in [0.2, 0.25) is 6.79 Å². The third-order valence-electron chi connectivity index (χ3n) is 4.20. The first-order valence-corrected chi connectivity index (χ1v) is 7.80. The van der Waals surface area contributed by atoms with Crippen molar-refractivity contribution in [2.75, 3.05) is 13.9 Å². The summed E-state index contributed by atoms with van der Waals surface area (Å²) in [5, 5.41) is 0.843. The van der Waals surface area contributed by atoms with Crippen LogP contribution in [0.25, 0.3) is 10.9 Å². The molecule has 2 heterocycles. The van der Waals surface area contributed by atoms with Crippen LogP contribution in [0.4, 0.5) is 0 Å². The fraction of sp³-hybridized carbons (Fsp3) is 0.158. The average Bonchev–Trinajstić information content (AvgIpc) is 3.10. The molecule has 0 radical (unpaired) electrons. The number of hydrogen-bond donors (Lipinski definition) is 1. The molecule has 1 amide bonds. The van der Waals surface area contributed by atoms with Crippen molar-refractivity contribution >= 4 is 16.8 Å². The molecule has 0 spiro atoms. The highest BCUT2D eigenvalue weighted by Crippen LogP contribution is 2.41. The average molecular weight is 336 g/mol. The third kappa shape index (κ3) is 2.71. The van der Waals surface area contributed by atoms with Gasteiger partial charge < -0.3 is 19.9 Å². The molecule has 2 N–H and O–H groups in total. The van der Waals surface area contributed by atoms with Crippen molar-refractivity contribution in [1.29, 1.82) is 0 Å². The lowest BCUT2D eigenvalue weighted by Gasteiger charge is -2.11. The van der Waals surface area contributed by atoms with Crippen LogP contribution in [0, 0.1) is 0 Å². The largest absolute Gasteiger partial charge is 0.497 e. The first-order chi connectivity index (χ1) is 12.2. The van der Waals surface area contributed by atoms with Crippen LogP contribution in [-0.2, 0) is 6.42 Å². The van der Waals surface area contributed by atoms with Crippen molar-refractivity contribution < 1.29 is 19.0 Å². The van der Waals surface area contributed by atoms with Gasteiger partial charge in [-0.1, -0.05) is 12.1 Å². The number of carbonyl (C=O) groups is 1. The molecule has 0 bridgehead atoms. The molecule has 0 saturated heterocycles. The van der Waals surface area contributed by atoms with Crippen LogP contribution in [0.15, 0.2) is 42.5 Å². The fourth-order valence-electron chi connectivity index (χ4n) is 2.99. The van der Waals surface area contributed by atoms with Gasteiger partial charge in [0.05, 0.1) is 12.6 Å². The minimum absolute atomic E-state index is 0.175. The lowest BCUT2D eigenvalue weighted by Crippen LogP contribution is -2.14. The monoisotopic (exact) mass is 336 g/mol. The number of amides is 1. The second kappa shape index (κ2) is 5.98. The molecule has 2 aromatic carbocycles. The second-order valence-corrected chi connectivity index (χ2v) is 5.75. The van der Waals surface area contributed by atoms with Crippen molar-refractivity contribution in [1.82, 2.24) is 4.98 Å². The van der Waals surface area contributed by atoms with Gasteiger partial charge in [-0.3, -0.25) is 4.79 Å². The van der Waals surface area contributed by atoms with Gasteiger partial charge in [0.25, 0.3) is 5.91 Å². The van der Waals surface area contributed by atoms with Gasteiger partial charge in [0.15, 0.2) is 11.5 Å². The number of benzene rings is 2. The smallest absolute Gasteiger partial charge is 0.267 e. The van der Waals surface area contributed by atoms with Crippen LogP contribution in [0.2, 0.25) is 0 Å². The minimum Gasteiger partial charge on any atom is -0.497 e. The molecule has 6 nitrogen and oxygen atoms in total. The zero-order valence-corrected chi connectivity index (χ0v) is 13.6. The Morgan fingerprint density at radius 3 is 2.72 bits per heavy atom. The lowest BCUT2D eigenvalue weighted by atomic mass is 9.99. The maximum absolute atomic E-state index is 11.7. The van der Waals surface area contributed by atoms with Gasteiger partial charge >= 0.3 is 0 Å². The maximum Gasteiger partial charge on any atom is 0.267 e. The van der Waals surface area contributed by atoms with E-state index in [1.807, 2.05) is 30.3 Å². The molecular weight excluding hydrogens is 320 g/mol. The van der Waals surface area contributed by atoms with Crippen molar-refractivity contribution in [3.05, 3.63) is 59.3 Å². The number of aromatic nitrogens is 1. The minimum atomic E-state index is -0.560. The number of fused-ring (bicyclic) bond motifs is 3. The number of carbonyl (C=O) groups excluding carboxylic acids is 1. The van der Waals surface area contributed by atoms with Gasteiger partial charge in [0, 0.05) is 5.39 Å². The van der Waals surface area contributed by atoms with E-state index in [-0.39, 0.29) is 12.5 Å². The van der Waals surface area contributed by atoms with E-state index in [9.17, 15) is 4.79 Å². The summed E-state index contributed by atoms with van der Waals surface area (Å²) in [6.07, 6.45) is 0.600. The van der Waals surface area contributed by atoms with E-state index < -0.39 is 5.91 Å². The van der Waals surface area contributed by atoms with Gasteiger partial charge in [0.1, 0.15) is 11.4 Å². The lowest BCUT2D eigenvalue weighted by molar-refractivity contribution is 0.0996. The Bertz CT molecular complexity index is 967. The normalized spacial score (nSPS) is 12.4. The number of hydrogen-bond acceptors (Lipinski definition) is 5. The molecule has 0 saturated carbocycles. The summed E-state index contributed by atoms with van der Waals surface area (Å²) in [7, 11) is 1.63. The number of pyridine rings is 1. The van der Waals surface area contributed by atoms with Crippen LogP contribution in [0.5, 0.6) is 17.2 Å². The van der Waals surface area contributed by atoms with Crippen LogP contribution < -0.4 is 19.9 Å². The van der Waals surface area contributed by atoms with Crippen LogP contribution in [0.1, 0.15) is 21.6 Å². The highest BCUT2D eigenvalue weighted by atomic mass is 16.7. The summed E-state index contributed by atoms with van der Waals surface area (Å²) in [6, 6.07) is 13.1. The molecule has 1 aliphatic heterocycles. The van der Waals surface area contributed by atoms with E-state index in [2.05, 4.69) is 4.98 Å². The summed E-state index contributed by atoms with van der Waals surface area (Å²) in [4.78, 5) is 16.0. The van der Waals surface area contributed by atoms with Crippen molar-refractivity contribution in [3.8, 4) is 17.2 Å². The number of rotatable bonds is 4. The molecule has 0 unspecified atom stereocenters. The number of primary amides is 1. The summed E-state index contributed by atoms with van der Waals surface area (Å²) in [5.41, 5.74) is 8.31. The first-order valence-electron chi connectivity index (χ1n) is 7.80. The Kier molecular flexibility index (Phi) is 3.65. The third-order valence-corrected chi connectivity index (χ3v) is 4.20. The van der Waals surface area contributed by atoms with Crippen molar-refractivity contribution in [3.63, 3.8) is 0 Å². The predicted octanol–water partition coefficient (Wildman–Crippen LogP) is 2.66. The Morgan fingerprint density at radius 1 is 1.20 bits per heavy atom. The first kappa shape index (κ1) is 15.3. The van der Waals surface area contributed by atoms with Gasteiger partial charge in [-0.05, 0) is 47.9 Å². The summed E-state index contributed by atoms with van der Waals surface area (Å²) >= 11 is 0. The number of ether oxygens (including phenoxy) is 3. The van der Waals surface area contributed by atoms with Gasteiger partial charge in [-0.15, -0.1) is 0 Å². The second-order valence-electron chi connectivity index (χ2n) is 5.75. The quantitative estimate of drug-likeness (QED) is 0.792. The Morgan fingerprint density at radius 2 is 2.00 bits per heavy atom. The molecule has 0 fully saturated rings. The highest BCUT2D eigenvalue weighted by molar-refractivity contribution is 5.97. The predicted molar refractivity (Wildman–Crippen MR) is 92.2 cm³/mol. The maximum atomic E-state index is 11.7.